The van der Waals surface area contributed by atoms with E-state index in [4.69, 9.17) is 0 Å². The van der Waals surface area contributed by atoms with Gasteiger partial charge in [-0.1, -0.05) is 24.6 Å². The van der Waals surface area contributed by atoms with Crippen LogP contribution in [0, 0.1) is 5.82 Å². The SMILES string of the molecule is CSC1CCCC1N(C)CC(O)c1ccccc1F. The van der Waals surface area contributed by atoms with Crippen LogP contribution in [-0.2, 0) is 0 Å². The highest BCUT2D eigenvalue weighted by Gasteiger charge is 2.30. The number of hydrogen-bond donors (Lipinski definition) is 1. The number of thioether (sulfide) groups is 1. The number of rotatable bonds is 5. The predicted molar refractivity (Wildman–Crippen MR) is 78.9 cm³/mol. The van der Waals surface area contributed by atoms with Gasteiger partial charge in [0.25, 0.3) is 0 Å². The van der Waals surface area contributed by atoms with Crippen LogP contribution in [0.5, 0.6) is 0 Å². The summed E-state index contributed by atoms with van der Waals surface area (Å²) in [5.41, 5.74) is 0.396. The standard InChI is InChI=1S/C15H22FNOS/c1-17(13-8-5-9-15(13)19-2)10-14(18)11-6-3-4-7-12(11)16/h3-4,6-7,13-15,18H,5,8-10H2,1-2H3. The molecule has 3 unspecified atom stereocenters. The number of benzene rings is 1. The Bertz CT molecular complexity index is 415. The second kappa shape index (κ2) is 6.73. The molecule has 0 saturated heterocycles. The van der Waals surface area contributed by atoms with Gasteiger partial charge in [-0.3, -0.25) is 4.90 Å². The third kappa shape index (κ3) is 3.50. The van der Waals surface area contributed by atoms with Gasteiger partial charge in [0.1, 0.15) is 5.82 Å². The smallest absolute Gasteiger partial charge is 0.129 e. The quantitative estimate of drug-likeness (QED) is 0.898. The van der Waals surface area contributed by atoms with Crippen LogP contribution in [-0.4, -0.2) is 41.1 Å². The zero-order valence-corrected chi connectivity index (χ0v) is 12.4. The molecular formula is C15H22FNOS. The van der Waals surface area contributed by atoms with Crippen molar-refractivity contribution in [3.63, 3.8) is 0 Å². The summed E-state index contributed by atoms with van der Waals surface area (Å²) in [5, 5.41) is 10.8. The lowest BCUT2D eigenvalue weighted by Crippen LogP contribution is -2.38. The van der Waals surface area contributed by atoms with Crippen LogP contribution in [0.2, 0.25) is 0 Å². The maximum absolute atomic E-state index is 13.6. The average molecular weight is 283 g/mol. The van der Waals surface area contributed by atoms with E-state index >= 15 is 0 Å². The number of nitrogens with zero attached hydrogens (tertiary/aromatic N) is 1. The molecule has 1 fully saturated rings. The van der Waals surface area contributed by atoms with Crippen molar-refractivity contribution in [2.75, 3.05) is 19.8 Å². The fraction of sp³-hybridized carbons (Fsp3) is 0.600. The van der Waals surface area contributed by atoms with Crippen molar-refractivity contribution in [2.45, 2.75) is 36.7 Å². The van der Waals surface area contributed by atoms with Gasteiger partial charge in [-0.2, -0.15) is 11.8 Å². The normalized spacial score (nSPS) is 24.9. The van der Waals surface area contributed by atoms with Gasteiger partial charge in [-0.25, -0.2) is 4.39 Å². The first kappa shape index (κ1) is 14.8. The minimum atomic E-state index is -0.755. The molecule has 1 aromatic rings. The van der Waals surface area contributed by atoms with Crippen molar-refractivity contribution in [1.82, 2.24) is 4.90 Å². The minimum absolute atomic E-state index is 0.323. The van der Waals surface area contributed by atoms with Crippen molar-refractivity contribution in [3.05, 3.63) is 35.6 Å². The number of aliphatic hydroxyl groups excluding tert-OH is 1. The highest BCUT2D eigenvalue weighted by atomic mass is 32.2. The molecule has 1 aromatic carbocycles. The second-order valence-electron chi connectivity index (χ2n) is 5.25. The van der Waals surface area contributed by atoms with Crippen LogP contribution in [0.1, 0.15) is 30.9 Å². The summed E-state index contributed by atoms with van der Waals surface area (Å²) in [6.45, 7) is 0.489. The Morgan fingerprint density at radius 1 is 1.42 bits per heavy atom. The van der Waals surface area contributed by atoms with Crippen LogP contribution in [0.4, 0.5) is 4.39 Å². The van der Waals surface area contributed by atoms with Crippen molar-refractivity contribution < 1.29 is 9.50 Å². The Morgan fingerprint density at radius 3 is 2.84 bits per heavy atom. The Hall–Kier alpha value is -0.580. The van der Waals surface area contributed by atoms with Gasteiger partial charge in [0, 0.05) is 23.4 Å². The van der Waals surface area contributed by atoms with Gasteiger partial charge in [-0.05, 0) is 32.2 Å². The first-order valence-corrected chi connectivity index (χ1v) is 8.07. The number of halogens is 1. The highest BCUT2D eigenvalue weighted by Crippen LogP contribution is 2.32. The molecule has 1 saturated carbocycles. The Balaban J connectivity index is 1.99. The van der Waals surface area contributed by atoms with E-state index in [0.29, 0.717) is 23.4 Å². The summed E-state index contributed by atoms with van der Waals surface area (Å²) in [6.07, 6.45) is 5.05. The predicted octanol–water partition coefficient (Wildman–Crippen LogP) is 3.08. The van der Waals surface area contributed by atoms with E-state index < -0.39 is 6.10 Å². The van der Waals surface area contributed by atoms with Crippen molar-refractivity contribution in [1.29, 1.82) is 0 Å². The van der Waals surface area contributed by atoms with Crippen LogP contribution in [0.25, 0.3) is 0 Å². The minimum Gasteiger partial charge on any atom is -0.387 e. The number of hydrogen-bond acceptors (Lipinski definition) is 3. The summed E-state index contributed by atoms with van der Waals surface area (Å²) in [5.74, 6) is -0.323. The molecular weight excluding hydrogens is 261 g/mol. The lowest BCUT2D eigenvalue weighted by atomic mass is 10.1. The fourth-order valence-corrected chi connectivity index (χ4v) is 4.00. The van der Waals surface area contributed by atoms with E-state index in [-0.39, 0.29) is 5.82 Å². The summed E-state index contributed by atoms with van der Waals surface area (Å²) >= 11 is 1.90. The molecule has 4 heteroatoms. The molecule has 0 radical (unpaired) electrons. The van der Waals surface area contributed by atoms with E-state index in [0.717, 1.165) is 0 Å². The molecule has 2 nitrogen and oxygen atoms in total. The van der Waals surface area contributed by atoms with Crippen LogP contribution in [0.15, 0.2) is 24.3 Å². The van der Waals surface area contributed by atoms with Gasteiger partial charge in [0.05, 0.1) is 6.10 Å². The molecule has 3 atom stereocenters. The largest absolute Gasteiger partial charge is 0.387 e. The molecule has 1 aliphatic carbocycles. The summed E-state index contributed by atoms with van der Waals surface area (Å²) in [7, 11) is 2.03. The molecule has 1 N–H and O–H groups in total. The maximum Gasteiger partial charge on any atom is 0.129 e. The third-order valence-electron chi connectivity index (χ3n) is 4.01. The van der Waals surface area contributed by atoms with E-state index in [1.165, 1.54) is 25.3 Å². The van der Waals surface area contributed by atoms with Crippen LogP contribution in [0.3, 0.4) is 0 Å². The molecule has 0 aromatic heterocycles. The third-order valence-corrected chi connectivity index (χ3v) is 5.17. The molecule has 0 aliphatic heterocycles. The van der Waals surface area contributed by atoms with Gasteiger partial charge in [0.2, 0.25) is 0 Å². The molecule has 0 heterocycles. The second-order valence-corrected chi connectivity index (χ2v) is 6.33. The van der Waals surface area contributed by atoms with Gasteiger partial charge in [-0.15, -0.1) is 0 Å². The maximum atomic E-state index is 13.6. The zero-order valence-electron chi connectivity index (χ0n) is 11.6. The Labute approximate surface area is 119 Å². The monoisotopic (exact) mass is 283 g/mol. The van der Waals surface area contributed by atoms with Crippen molar-refractivity contribution >= 4 is 11.8 Å². The number of aliphatic hydroxyl groups is 1. The van der Waals surface area contributed by atoms with Crippen LogP contribution >= 0.6 is 11.8 Å². The zero-order chi connectivity index (χ0) is 13.8. The van der Waals surface area contributed by atoms with Crippen LogP contribution < -0.4 is 0 Å². The van der Waals surface area contributed by atoms with E-state index in [9.17, 15) is 9.50 Å². The topological polar surface area (TPSA) is 23.5 Å². The first-order valence-electron chi connectivity index (χ1n) is 6.79. The van der Waals surface area contributed by atoms with E-state index in [2.05, 4.69) is 11.2 Å². The first-order chi connectivity index (χ1) is 9.13. The fourth-order valence-electron chi connectivity index (χ4n) is 2.94. The van der Waals surface area contributed by atoms with Crippen molar-refractivity contribution in [3.8, 4) is 0 Å². The summed E-state index contributed by atoms with van der Waals surface area (Å²) in [6, 6.07) is 6.97. The summed E-state index contributed by atoms with van der Waals surface area (Å²) < 4.78 is 13.6. The van der Waals surface area contributed by atoms with Gasteiger partial charge < -0.3 is 5.11 Å². The Kier molecular flexibility index (Phi) is 5.25. The van der Waals surface area contributed by atoms with E-state index in [1.54, 1.807) is 18.2 Å². The Morgan fingerprint density at radius 2 is 2.16 bits per heavy atom. The average Bonchev–Trinajstić information content (AvgIpc) is 2.87. The molecule has 1 aliphatic rings. The molecule has 0 amide bonds. The lowest BCUT2D eigenvalue weighted by Gasteiger charge is -2.30. The molecule has 106 valence electrons. The molecule has 19 heavy (non-hydrogen) atoms. The number of likely N-dealkylation sites (N-methyl/N-ethyl adjacent to an activating group) is 1. The van der Waals surface area contributed by atoms with E-state index in [1.807, 2.05) is 18.8 Å². The van der Waals surface area contributed by atoms with Gasteiger partial charge in [0.15, 0.2) is 0 Å². The highest BCUT2D eigenvalue weighted by molar-refractivity contribution is 7.99. The molecule has 0 spiro atoms. The van der Waals surface area contributed by atoms with Crippen molar-refractivity contribution in [2.24, 2.45) is 0 Å². The molecule has 0 bridgehead atoms. The summed E-state index contributed by atoms with van der Waals surface area (Å²) in [4.78, 5) is 2.19. The lowest BCUT2D eigenvalue weighted by molar-refractivity contribution is 0.104. The van der Waals surface area contributed by atoms with Gasteiger partial charge >= 0.3 is 0 Å². The molecule has 2 rings (SSSR count).